The summed E-state index contributed by atoms with van der Waals surface area (Å²) in [6.45, 7) is 4.80. The molecule has 0 amide bonds. The third-order valence-electron chi connectivity index (χ3n) is 4.92. The van der Waals surface area contributed by atoms with E-state index in [1.807, 2.05) is 0 Å². The molecule has 2 fully saturated rings. The molecule has 2 saturated carbocycles. The number of hydrogen-bond donors (Lipinski definition) is 0. The molecule has 88 valence electrons. The molecule has 0 saturated heterocycles. The van der Waals surface area contributed by atoms with E-state index in [-0.39, 0.29) is 0 Å². The molecule has 2 rings (SSSR count). The fourth-order valence-corrected chi connectivity index (χ4v) is 4.11. The quantitative estimate of drug-likeness (QED) is 0.610. The molecule has 0 aromatic carbocycles. The van der Waals surface area contributed by atoms with E-state index >= 15 is 0 Å². The van der Waals surface area contributed by atoms with Gasteiger partial charge in [0.15, 0.2) is 0 Å². The van der Waals surface area contributed by atoms with Crippen LogP contribution >= 0.6 is 0 Å². The van der Waals surface area contributed by atoms with Crippen LogP contribution in [0.1, 0.15) is 71.6 Å². The van der Waals surface area contributed by atoms with E-state index in [2.05, 4.69) is 13.8 Å². The zero-order valence-corrected chi connectivity index (χ0v) is 10.7. The Labute approximate surface area is 95.8 Å². The first-order valence-corrected chi connectivity index (χ1v) is 7.29. The Balaban J connectivity index is 1.81. The predicted molar refractivity (Wildman–Crippen MR) is 66.9 cm³/mol. The van der Waals surface area contributed by atoms with Gasteiger partial charge in [-0.05, 0) is 42.9 Å². The smallest absolute Gasteiger partial charge is 0.0383 e. The second-order valence-corrected chi connectivity index (χ2v) is 6.26. The lowest BCUT2D eigenvalue weighted by atomic mass is 9.73. The first-order chi connectivity index (χ1) is 7.29. The third-order valence-corrected chi connectivity index (χ3v) is 4.92. The second kappa shape index (κ2) is 5.37. The van der Waals surface area contributed by atoms with Crippen molar-refractivity contribution in [1.82, 2.24) is 0 Å². The summed E-state index contributed by atoms with van der Waals surface area (Å²) in [6.07, 6.45) is 13.7. The van der Waals surface area contributed by atoms with Gasteiger partial charge in [0.2, 0.25) is 0 Å². The topological polar surface area (TPSA) is 0 Å². The molecule has 0 heteroatoms. The first kappa shape index (κ1) is 11.5. The Bertz CT molecular complexity index is 182. The highest BCUT2D eigenvalue weighted by Crippen LogP contribution is 2.43. The van der Waals surface area contributed by atoms with Crippen LogP contribution in [0, 0.1) is 23.7 Å². The fraction of sp³-hybridized carbons (Fsp3) is 1.00. The minimum Gasteiger partial charge on any atom is -0.0654 e. The van der Waals surface area contributed by atoms with Gasteiger partial charge in [0.05, 0.1) is 0 Å². The van der Waals surface area contributed by atoms with E-state index in [4.69, 9.17) is 0 Å². The van der Waals surface area contributed by atoms with E-state index in [1.54, 1.807) is 25.7 Å². The summed E-state index contributed by atoms with van der Waals surface area (Å²) in [5, 5.41) is 0. The maximum Gasteiger partial charge on any atom is -0.0383 e. The van der Waals surface area contributed by atoms with Gasteiger partial charge >= 0.3 is 0 Å². The molecule has 4 atom stereocenters. The molecule has 0 aromatic heterocycles. The molecule has 0 aromatic rings. The Hall–Kier alpha value is 0. The van der Waals surface area contributed by atoms with Crippen LogP contribution in [0.4, 0.5) is 0 Å². The molecule has 0 spiro atoms. The normalized spacial score (nSPS) is 42.0. The van der Waals surface area contributed by atoms with E-state index in [0.29, 0.717) is 0 Å². The molecule has 0 N–H and O–H groups in total. The molecule has 0 nitrogen and oxygen atoms in total. The monoisotopic (exact) mass is 208 g/mol. The largest absolute Gasteiger partial charge is 0.0654 e. The Morgan fingerprint density at radius 1 is 0.933 bits per heavy atom. The van der Waals surface area contributed by atoms with Gasteiger partial charge in [0, 0.05) is 0 Å². The van der Waals surface area contributed by atoms with Crippen LogP contribution in [0.2, 0.25) is 0 Å². The van der Waals surface area contributed by atoms with Gasteiger partial charge in [-0.25, -0.2) is 0 Å². The molecule has 0 bridgehead atoms. The number of hydrogen-bond acceptors (Lipinski definition) is 0. The van der Waals surface area contributed by atoms with Gasteiger partial charge in [-0.15, -0.1) is 0 Å². The van der Waals surface area contributed by atoms with Crippen molar-refractivity contribution in [2.75, 3.05) is 0 Å². The molecular formula is C15H28. The molecule has 15 heavy (non-hydrogen) atoms. The first-order valence-electron chi connectivity index (χ1n) is 7.29. The maximum absolute atomic E-state index is 2.45. The van der Waals surface area contributed by atoms with Crippen LogP contribution in [0.3, 0.4) is 0 Å². The zero-order chi connectivity index (χ0) is 10.7. The van der Waals surface area contributed by atoms with Crippen molar-refractivity contribution in [3.63, 3.8) is 0 Å². The Morgan fingerprint density at radius 2 is 1.73 bits per heavy atom. The van der Waals surface area contributed by atoms with Crippen LogP contribution in [0.25, 0.3) is 0 Å². The van der Waals surface area contributed by atoms with Crippen LogP contribution in [-0.4, -0.2) is 0 Å². The van der Waals surface area contributed by atoms with Crippen LogP contribution < -0.4 is 0 Å². The van der Waals surface area contributed by atoms with Gasteiger partial charge in [0.25, 0.3) is 0 Å². The molecule has 0 aliphatic heterocycles. The van der Waals surface area contributed by atoms with Crippen molar-refractivity contribution >= 4 is 0 Å². The SMILES string of the molecule is CCCC1CCCC(C2CCC(C)C2)C1. The summed E-state index contributed by atoms with van der Waals surface area (Å²) in [6, 6.07) is 0. The van der Waals surface area contributed by atoms with Crippen molar-refractivity contribution < 1.29 is 0 Å². The van der Waals surface area contributed by atoms with Crippen LogP contribution in [-0.2, 0) is 0 Å². The summed E-state index contributed by atoms with van der Waals surface area (Å²) >= 11 is 0. The lowest BCUT2D eigenvalue weighted by Gasteiger charge is -2.33. The molecule has 2 aliphatic rings. The van der Waals surface area contributed by atoms with E-state index in [0.717, 1.165) is 23.7 Å². The maximum atomic E-state index is 2.45. The molecule has 0 radical (unpaired) electrons. The van der Waals surface area contributed by atoms with Gasteiger partial charge in [-0.3, -0.25) is 0 Å². The summed E-state index contributed by atoms with van der Waals surface area (Å²) < 4.78 is 0. The zero-order valence-electron chi connectivity index (χ0n) is 10.7. The summed E-state index contributed by atoms with van der Waals surface area (Å²) in [4.78, 5) is 0. The summed E-state index contributed by atoms with van der Waals surface area (Å²) in [5.74, 6) is 4.34. The highest BCUT2D eigenvalue weighted by molar-refractivity contribution is 4.83. The Morgan fingerprint density at radius 3 is 2.40 bits per heavy atom. The van der Waals surface area contributed by atoms with Gasteiger partial charge < -0.3 is 0 Å². The van der Waals surface area contributed by atoms with Crippen molar-refractivity contribution in [2.45, 2.75) is 71.6 Å². The van der Waals surface area contributed by atoms with Crippen LogP contribution in [0.15, 0.2) is 0 Å². The molecular weight excluding hydrogens is 180 g/mol. The van der Waals surface area contributed by atoms with Crippen molar-refractivity contribution in [3.8, 4) is 0 Å². The van der Waals surface area contributed by atoms with Gasteiger partial charge in [0.1, 0.15) is 0 Å². The van der Waals surface area contributed by atoms with Gasteiger partial charge in [-0.2, -0.15) is 0 Å². The highest BCUT2D eigenvalue weighted by atomic mass is 14.4. The molecule has 0 heterocycles. The highest BCUT2D eigenvalue weighted by Gasteiger charge is 2.31. The van der Waals surface area contributed by atoms with Crippen molar-refractivity contribution in [1.29, 1.82) is 0 Å². The fourth-order valence-electron chi connectivity index (χ4n) is 4.11. The van der Waals surface area contributed by atoms with Gasteiger partial charge in [-0.1, -0.05) is 52.4 Å². The van der Waals surface area contributed by atoms with Crippen molar-refractivity contribution in [2.24, 2.45) is 23.7 Å². The summed E-state index contributed by atoms with van der Waals surface area (Å²) in [5.41, 5.74) is 0. The van der Waals surface area contributed by atoms with E-state index < -0.39 is 0 Å². The standard InChI is InChI=1S/C15H28/c1-3-5-13-6-4-7-14(11-13)15-9-8-12(2)10-15/h12-15H,3-11H2,1-2H3. The second-order valence-electron chi connectivity index (χ2n) is 6.26. The van der Waals surface area contributed by atoms with E-state index in [9.17, 15) is 0 Å². The predicted octanol–water partition coefficient (Wildman–Crippen LogP) is 5.03. The average molecular weight is 208 g/mol. The molecule has 2 aliphatic carbocycles. The average Bonchev–Trinajstić information content (AvgIpc) is 2.66. The van der Waals surface area contributed by atoms with E-state index in [1.165, 1.54) is 32.1 Å². The minimum absolute atomic E-state index is 1.03. The van der Waals surface area contributed by atoms with Crippen LogP contribution in [0.5, 0.6) is 0 Å². The summed E-state index contributed by atoms with van der Waals surface area (Å²) in [7, 11) is 0. The lowest BCUT2D eigenvalue weighted by Crippen LogP contribution is -2.21. The number of rotatable bonds is 3. The van der Waals surface area contributed by atoms with Crippen molar-refractivity contribution in [3.05, 3.63) is 0 Å². The molecule has 4 unspecified atom stereocenters. The Kier molecular flexibility index (Phi) is 4.11. The third kappa shape index (κ3) is 2.98. The lowest BCUT2D eigenvalue weighted by molar-refractivity contribution is 0.187. The minimum atomic E-state index is 1.03.